The predicted octanol–water partition coefficient (Wildman–Crippen LogP) is 5.85. The van der Waals surface area contributed by atoms with Crippen LogP contribution in [0.1, 0.15) is 59.3 Å². The van der Waals surface area contributed by atoms with Crippen LogP contribution in [0.3, 0.4) is 0 Å². The third kappa shape index (κ3) is 9.69. The smallest absolute Gasteiger partial charge is 0.453 e. The first-order valence-corrected chi connectivity index (χ1v) is 9.29. The first kappa shape index (κ1) is 23.5. The maximum absolute atomic E-state index is 12.8. The maximum atomic E-state index is 12.8. The fourth-order valence-corrected chi connectivity index (χ4v) is 2.99. The van der Waals surface area contributed by atoms with Crippen LogP contribution < -0.4 is 0 Å². The Labute approximate surface area is 144 Å². The third-order valence-electron chi connectivity index (χ3n) is 3.26. The molecule has 0 N–H and O–H groups in total. The molecule has 0 aliphatic heterocycles. The highest BCUT2D eigenvalue weighted by atomic mass is 32.2. The van der Waals surface area contributed by atoms with E-state index in [0.717, 1.165) is 31.0 Å². The molecule has 0 heterocycles. The molecule has 1 atom stereocenters. The van der Waals surface area contributed by atoms with Gasteiger partial charge in [0, 0.05) is 6.42 Å². The van der Waals surface area contributed by atoms with Crippen molar-refractivity contribution in [2.24, 2.45) is 5.92 Å². The zero-order valence-corrected chi connectivity index (χ0v) is 15.2. The Hall–Kier alpha value is -0.530. The molecule has 0 saturated carbocycles. The fourth-order valence-electron chi connectivity index (χ4n) is 1.85. The quantitative estimate of drug-likeness (QED) is 0.242. The van der Waals surface area contributed by atoms with Crippen LogP contribution in [0.25, 0.3) is 0 Å². The molecule has 0 spiro atoms. The molecule has 144 valence electrons. The van der Waals surface area contributed by atoms with E-state index in [1.807, 2.05) is 20.8 Å². The molecule has 8 heteroatoms. The summed E-state index contributed by atoms with van der Waals surface area (Å²) in [7, 11) is 0. The number of carbonyl (C=O) groups is 1. The maximum Gasteiger partial charge on any atom is 0.453 e. The Morgan fingerprint density at radius 1 is 1.08 bits per heavy atom. The molecule has 0 aliphatic carbocycles. The lowest BCUT2D eigenvalue weighted by atomic mass is 10.1. The summed E-state index contributed by atoms with van der Waals surface area (Å²) in [5.41, 5.74) is 0. The Balaban J connectivity index is 4.37. The summed E-state index contributed by atoms with van der Waals surface area (Å²) in [6.07, 6.45) is -3.84. The molecule has 0 fully saturated rings. The second-order valence-corrected chi connectivity index (χ2v) is 7.50. The number of ether oxygens (including phenoxy) is 1. The Bertz CT molecular complexity index is 359. The Morgan fingerprint density at radius 3 is 2.21 bits per heavy atom. The molecule has 0 rings (SSSR count). The van der Waals surface area contributed by atoms with Crippen LogP contribution in [-0.4, -0.2) is 35.7 Å². The Kier molecular flexibility index (Phi) is 10.9. The zero-order valence-electron chi connectivity index (χ0n) is 14.4. The van der Waals surface area contributed by atoms with Crippen molar-refractivity contribution in [3.8, 4) is 0 Å². The molecule has 0 bridgehead atoms. The van der Waals surface area contributed by atoms with E-state index in [0.29, 0.717) is 6.42 Å². The van der Waals surface area contributed by atoms with Gasteiger partial charge in [0.05, 0.1) is 6.61 Å². The summed E-state index contributed by atoms with van der Waals surface area (Å²) in [6, 6.07) is 0. The van der Waals surface area contributed by atoms with Crippen LogP contribution in [0.15, 0.2) is 0 Å². The van der Waals surface area contributed by atoms with Gasteiger partial charge < -0.3 is 4.74 Å². The van der Waals surface area contributed by atoms with Gasteiger partial charge in [-0.1, -0.05) is 40.0 Å². The van der Waals surface area contributed by atoms with Gasteiger partial charge in [0.2, 0.25) is 0 Å². The number of alkyl halides is 5. The number of halogens is 5. The van der Waals surface area contributed by atoms with Crippen LogP contribution >= 0.6 is 11.8 Å². The van der Waals surface area contributed by atoms with Crippen molar-refractivity contribution in [1.82, 2.24) is 0 Å². The fraction of sp³-hybridized carbons (Fsp3) is 0.938. The van der Waals surface area contributed by atoms with Gasteiger partial charge in [0.1, 0.15) is 5.25 Å². The lowest BCUT2D eigenvalue weighted by Gasteiger charge is -2.20. The van der Waals surface area contributed by atoms with Crippen molar-refractivity contribution in [1.29, 1.82) is 0 Å². The number of unbranched alkanes of at least 4 members (excludes halogenated alkanes) is 2. The first-order chi connectivity index (χ1) is 11.0. The number of hydrogen-bond donors (Lipinski definition) is 0. The van der Waals surface area contributed by atoms with Gasteiger partial charge >= 0.3 is 18.1 Å². The predicted molar refractivity (Wildman–Crippen MR) is 86.4 cm³/mol. The van der Waals surface area contributed by atoms with Crippen LogP contribution in [0, 0.1) is 5.92 Å². The topological polar surface area (TPSA) is 26.3 Å². The standard InChI is InChI=1S/C16H27F5O2S/c1-4-5-6-8-13(14(22)23-11-12(2)3)24-10-7-9-15(17,18)16(19,20)21/h12-13H,4-11H2,1-3H3. The van der Waals surface area contributed by atoms with Crippen LogP contribution in [-0.2, 0) is 9.53 Å². The zero-order chi connectivity index (χ0) is 18.8. The van der Waals surface area contributed by atoms with Gasteiger partial charge in [-0.2, -0.15) is 22.0 Å². The highest BCUT2D eigenvalue weighted by molar-refractivity contribution is 8.00. The second-order valence-electron chi connectivity index (χ2n) is 6.18. The lowest BCUT2D eigenvalue weighted by Crippen LogP contribution is -2.36. The minimum Gasteiger partial charge on any atom is -0.465 e. The van der Waals surface area contributed by atoms with Crippen LogP contribution in [0.4, 0.5) is 22.0 Å². The molecule has 0 radical (unpaired) electrons. The summed E-state index contributed by atoms with van der Waals surface area (Å²) in [5.74, 6) is -4.84. The number of rotatable bonds is 12. The minimum atomic E-state index is -5.52. The van der Waals surface area contributed by atoms with Crippen molar-refractivity contribution < 1.29 is 31.5 Å². The van der Waals surface area contributed by atoms with Crippen molar-refractivity contribution in [3.63, 3.8) is 0 Å². The largest absolute Gasteiger partial charge is 0.465 e. The van der Waals surface area contributed by atoms with E-state index in [1.165, 1.54) is 0 Å². The summed E-state index contributed by atoms with van der Waals surface area (Å²) in [4.78, 5) is 12.0. The molecule has 24 heavy (non-hydrogen) atoms. The van der Waals surface area contributed by atoms with Gasteiger partial charge in [0.15, 0.2) is 0 Å². The number of carbonyl (C=O) groups excluding carboxylic acids is 1. The summed E-state index contributed by atoms with van der Waals surface area (Å²) >= 11 is 1.11. The molecule has 2 nitrogen and oxygen atoms in total. The number of esters is 1. The van der Waals surface area contributed by atoms with Crippen molar-refractivity contribution in [2.45, 2.75) is 76.6 Å². The molecular formula is C16H27F5O2S. The molecule has 0 aliphatic rings. The van der Waals surface area contributed by atoms with Crippen molar-refractivity contribution in [2.75, 3.05) is 12.4 Å². The van der Waals surface area contributed by atoms with Gasteiger partial charge in [-0.15, -0.1) is 11.8 Å². The Morgan fingerprint density at radius 2 is 1.71 bits per heavy atom. The van der Waals surface area contributed by atoms with Gasteiger partial charge in [-0.25, -0.2) is 0 Å². The molecule has 0 saturated heterocycles. The van der Waals surface area contributed by atoms with E-state index in [9.17, 15) is 26.7 Å². The van der Waals surface area contributed by atoms with E-state index in [2.05, 4.69) is 0 Å². The van der Waals surface area contributed by atoms with Crippen molar-refractivity contribution >= 4 is 17.7 Å². The van der Waals surface area contributed by atoms with Crippen LogP contribution in [0.2, 0.25) is 0 Å². The van der Waals surface area contributed by atoms with E-state index in [-0.39, 0.29) is 24.7 Å². The molecule has 0 amide bonds. The lowest BCUT2D eigenvalue weighted by molar-refractivity contribution is -0.284. The van der Waals surface area contributed by atoms with Crippen LogP contribution in [0.5, 0.6) is 0 Å². The molecule has 1 unspecified atom stereocenters. The summed E-state index contributed by atoms with van der Waals surface area (Å²) in [5, 5.41) is -0.505. The number of hydrogen-bond acceptors (Lipinski definition) is 3. The van der Waals surface area contributed by atoms with E-state index >= 15 is 0 Å². The van der Waals surface area contributed by atoms with E-state index < -0.39 is 29.7 Å². The van der Waals surface area contributed by atoms with Gasteiger partial charge in [-0.05, 0) is 24.5 Å². The summed E-state index contributed by atoms with van der Waals surface area (Å²) in [6.45, 7) is 6.08. The highest BCUT2D eigenvalue weighted by Gasteiger charge is 2.56. The number of thioether (sulfide) groups is 1. The molecule has 0 aromatic rings. The summed E-state index contributed by atoms with van der Waals surface area (Å²) < 4.78 is 67.1. The monoisotopic (exact) mass is 378 g/mol. The molecule has 0 aromatic heterocycles. The normalized spacial score (nSPS) is 14.0. The average Bonchev–Trinajstić information content (AvgIpc) is 2.46. The molecular weight excluding hydrogens is 351 g/mol. The van der Waals surface area contributed by atoms with E-state index in [1.54, 1.807) is 0 Å². The van der Waals surface area contributed by atoms with Crippen molar-refractivity contribution in [3.05, 3.63) is 0 Å². The van der Waals surface area contributed by atoms with Gasteiger partial charge in [-0.3, -0.25) is 4.79 Å². The minimum absolute atomic E-state index is 0.0687. The van der Waals surface area contributed by atoms with Gasteiger partial charge in [0.25, 0.3) is 0 Å². The molecule has 0 aromatic carbocycles. The third-order valence-corrected chi connectivity index (χ3v) is 4.62. The average molecular weight is 378 g/mol. The second kappa shape index (κ2) is 11.2. The SMILES string of the molecule is CCCCCC(SCCCC(F)(F)C(F)(F)F)C(=O)OCC(C)C. The van der Waals surface area contributed by atoms with E-state index in [4.69, 9.17) is 4.74 Å². The first-order valence-electron chi connectivity index (χ1n) is 8.24. The highest BCUT2D eigenvalue weighted by Crippen LogP contribution is 2.39.